The van der Waals surface area contributed by atoms with Gasteiger partial charge < -0.3 is 30.6 Å². The predicted octanol–water partition coefficient (Wildman–Crippen LogP) is 1.74. The third kappa shape index (κ3) is 3.64. The maximum atomic E-state index is 14.4. The number of nitrogens with zero attached hydrogens (tertiary/aromatic N) is 2. The minimum absolute atomic E-state index is 0.00695. The fourth-order valence-electron chi connectivity index (χ4n) is 4.75. The summed E-state index contributed by atoms with van der Waals surface area (Å²) in [6.07, 6.45) is 0.00695. The lowest BCUT2D eigenvalue weighted by atomic mass is 9.86. The molecule has 5 rings (SSSR count). The van der Waals surface area contributed by atoms with Crippen molar-refractivity contribution in [1.82, 2.24) is 14.9 Å². The van der Waals surface area contributed by atoms with Crippen molar-refractivity contribution in [3.63, 3.8) is 0 Å². The first-order valence-electron chi connectivity index (χ1n) is 11.3. The zero-order valence-electron chi connectivity index (χ0n) is 19.3. The largest absolute Gasteiger partial charge is 0.458 e. The van der Waals surface area contributed by atoms with Crippen LogP contribution in [0.25, 0.3) is 22.3 Å². The summed E-state index contributed by atoms with van der Waals surface area (Å²) in [5.41, 5.74) is 5.97. The average Bonchev–Trinajstić information content (AvgIpc) is 3.22. The average molecular weight is 515 g/mol. The van der Waals surface area contributed by atoms with Crippen LogP contribution in [0.1, 0.15) is 35.6 Å². The van der Waals surface area contributed by atoms with Gasteiger partial charge in [0.25, 0.3) is 10.8 Å². The third-order valence-electron chi connectivity index (χ3n) is 6.66. The van der Waals surface area contributed by atoms with Crippen LogP contribution in [0.3, 0.4) is 0 Å². The Hall–Kier alpha value is -3.48. The molecule has 2 aliphatic rings. The SMILES string of the molecule is CC[C@@]1(O)C(=O)OCc2c1cc1n(c2=O)Cc2c-1nc1cc(F)c(N)cc1c2CNC(=O)SCCO. The van der Waals surface area contributed by atoms with Gasteiger partial charge in [-0.05, 0) is 24.1 Å². The van der Waals surface area contributed by atoms with Gasteiger partial charge in [0, 0.05) is 34.9 Å². The van der Waals surface area contributed by atoms with Gasteiger partial charge in [0.1, 0.15) is 12.4 Å². The molecular weight excluding hydrogens is 491 g/mol. The standard InChI is InChI=1S/C24H23FN4O6S/c1-2-24(34)15-6-19-20-13(9-29(19)21(31)14(15)10-35-22(24)32)12(8-27-23(33)36-4-3-30)11-5-17(26)16(25)7-18(11)28-20/h5-7,30,34H,2-4,8-10,26H2,1H3,(H,27,33)/t24-/m0/s1. The zero-order valence-corrected chi connectivity index (χ0v) is 20.1. The molecule has 3 aromatic rings. The van der Waals surface area contributed by atoms with Crippen molar-refractivity contribution in [3.8, 4) is 11.4 Å². The Balaban J connectivity index is 1.71. The number of amides is 1. The smallest absolute Gasteiger partial charge is 0.343 e. The van der Waals surface area contributed by atoms with E-state index in [9.17, 15) is 23.9 Å². The van der Waals surface area contributed by atoms with E-state index in [1.165, 1.54) is 16.7 Å². The second kappa shape index (κ2) is 8.87. The number of halogens is 1. The molecule has 1 atom stereocenters. The number of nitrogen functional groups attached to an aromatic ring is 1. The van der Waals surface area contributed by atoms with Gasteiger partial charge >= 0.3 is 5.97 Å². The first kappa shape index (κ1) is 24.2. The van der Waals surface area contributed by atoms with Gasteiger partial charge in [-0.25, -0.2) is 14.2 Å². The topological polar surface area (TPSA) is 157 Å². The van der Waals surface area contributed by atoms with E-state index < -0.39 is 22.9 Å². The number of carbonyl (C=O) groups is 2. The summed E-state index contributed by atoms with van der Waals surface area (Å²) in [7, 11) is 0. The molecule has 10 nitrogen and oxygen atoms in total. The molecule has 2 aliphatic heterocycles. The van der Waals surface area contributed by atoms with E-state index in [4.69, 9.17) is 15.6 Å². The number of hydrogen-bond donors (Lipinski definition) is 4. The van der Waals surface area contributed by atoms with Gasteiger partial charge in [0.2, 0.25) is 0 Å². The highest BCUT2D eigenvalue weighted by Crippen LogP contribution is 2.40. The summed E-state index contributed by atoms with van der Waals surface area (Å²) in [6, 6.07) is 4.20. The molecule has 0 bridgehead atoms. The van der Waals surface area contributed by atoms with Crippen molar-refractivity contribution in [1.29, 1.82) is 0 Å². The fraction of sp³-hybridized carbons (Fsp3) is 0.333. The molecule has 0 radical (unpaired) electrons. The molecule has 2 aromatic heterocycles. The number of cyclic esters (lactones) is 1. The molecular formula is C24H23FN4O6S. The maximum absolute atomic E-state index is 14.4. The van der Waals surface area contributed by atoms with Crippen LogP contribution in [0.4, 0.5) is 14.9 Å². The Labute approximate surface area is 208 Å². The number of ether oxygens (including phenoxy) is 1. The number of nitrogens with two attached hydrogens (primary N) is 1. The van der Waals surface area contributed by atoms with Gasteiger partial charge in [-0.3, -0.25) is 9.59 Å². The van der Waals surface area contributed by atoms with Crippen LogP contribution >= 0.6 is 11.8 Å². The molecule has 0 spiro atoms. The molecule has 0 saturated carbocycles. The minimum Gasteiger partial charge on any atom is -0.458 e. The minimum atomic E-state index is -1.97. The quantitative estimate of drug-likeness (QED) is 0.230. The number of aliphatic hydroxyl groups is 2. The summed E-state index contributed by atoms with van der Waals surface area (Å²) in [6.45, 7) is 1.37. The van der Waals surface area contributed by atoms with E-state index in [0.717, 1.165) is 11.8 Å². The lowest BCUT2D eigenvalue weighted by Crippen LogP contribution is -2.44. The first-order chi connectivity index (χ1) is 17.2. The molecule has 1 amide bonds. The summed E-state index contributed by atoms with van der Waals surface area (Å²) in [5.74, 6) is -1.26. The number of carbonyl (C=O) groups excluding carboxylic acids is 2. The van der Waals surface area contributed by atoms with Gasteiger partial charge in [-0.2, -0.15) is 0 Å². The lowest BCUT2D eigenvalue weighted by molar-refractivity contribution is -0.172. The maximum Gasteiger partial charge on any atom is 0.343 e. The number of hydrogen-bond acceptors (Lipinski definition) is 9. The molecule has 1 aromatic carbocycles. The number of benzene rings is 1. The Morgan fingerprint density at radius 1 is 1.33 bits per heavy atom. The van der Waals surface area contributed by atoms with Crippen LogP contribution < -0.4 is 16.6 Å². The van der Waals surface area contributed by atoms with Crippen molar-refractivity contribution < 1.29 is 28.9 Å². The molecule has 12 heteroatoms. The zero-order chi connectivity index (χ0) is 25.8. The number of nitrogens with one attached hydrogen (secondary N) is 1. The monoisotopic (exact) mass is 514 g/mol. The highest BCUT2D eigenvalue weighted by molar-refractivity contribution is 8.13. The predicted molar refractivity (Wildman–Crippen MR) is 131 cm³/mol. The van der Waals surface area contributed by atoms with Crippen LogP contribution in [0.2, 0.25) is 0 Å². The van der Waals surface area contributed by atoms with Gasteiger partial charge in [0.05, 0.1) is 41.3 Å². The Morgan fingerprint density at radius 2 is 2.11 bits per heavy atom. The molecule has 0 aliphatic carbocycles. The van der Waals surface area contributed by atoms with E-state index >= 15 is 0 Å². The number of anilines is 1. The van der Waals surface area contributed by atoms with Crippen LogP contribution in [-0.4, -0.2) is 43.3 Å². The third-order valence-corrected chi connectivity index (χ3v) is 7.45. The molecule has 4 heterocycles. The van der Waals surface area contributed by atoms with E-state index in [-0.39, 0.29) is 66.0 Å². The molecule has 0 fully saturated rings. The van der Waals surface area contributed by atoms with Crippen LogP contribution in [-0.2, 0) is 34.8 Å². The normalized spacial score (nSPS) is 17.9. The van der Waals surface area contributed by atoms with Gasteiger partial charge in [-0.15, -0.1) is 0 Å². The number of aliphatic hydroxyl groups excluding tert-OH is 1. The van der Waals surface area contributed by atoms with E-state index in [0.29, 0.717) is 27.9 Å². The molecule has 0 saturated heterocycles. The Morgan fingerprint density at radius 3 is 2.83 bits per heavy atom. The van der Waals surface area contributed by atoms with Crippen molar-refractivity contribution >= 4 is 39.6 Å². The number of aromatic nitrogens is 2. The number of esters is 1. The van der Waals surface area contributed by atoms with Crippen LogP contribution in [0.5, 0.6) is 0 Å². The van der Waals surface area contributed by atoms with Gasteiger partial charge in [-0.1, -0.05) is 18.7 Å². The molecule has 188 valence electrons. The number of pyridine rings is 2. The second-order valence-corrected chi connectivity index (χ2v) is 9.69. The van der Waals surface area contributed by atoms with Crippen LogP contribution in [0.15, 0.2) is 23.0 Å². The lowest BCUT2D eigenvalue weighted by Gasteiger charge is -2.31. The first-order valence-corrected chi connectivity index (χ1v) is 12.3. The van der Waals surface area contributed by atoms with E-state index in [1.807, 2.05) is 0 Å². The highest BCUT2D eigenvalue weighted by atomic mass is 32.2. The van der Waals surface area contributed by atoms with Crippen molar-refractivity contribution in [3.05, 3.63) is 56.6 Å². The highest BCUT2D eigenvalue weighted by Gasteiger charge is 2.45. The summed E-state index contributed by atoms with van der Waals surface area (Å²) in [5, 5.41) is 23.0. The molecule has 36 heavy (non-hydrogen) atoms. The fourth-order valence-corrected chi connectivity index (χ4v) is 5.20. The molecule has 5 N–H and O–H groups in total. The van der Waals surface area contributed by atoms with E-state index in [2.05, 4.69) is 10.3 Å². The summed E-state index contributed by atoms with van der Waals surface area (Å²) >= 11 is 0.920. The van der Waals surface area contributed by atoms with Gasteiger partial charge in [0.15, 0.2) is 5.60 Å². The number of fused-ring (bicyclic) bond motifs is 5. The summed E-state index contributed by atoms with van der Waals surface area (Å²) in [4.78, 5) is 42.7. The summed E-state index contributed by atoms with van der Waals surface area (Å²) < 4.78 is 20.9. The van der Waals surface area contributed by atoms with Crippen molar-refractivity contribution in [2.75, 3.05) is 18.1 Å². The van der Waals surface area contributed by atoms with E-state index in [1.54, 1.807) is 13.0 Å². The number of rotatable bonds is 5. The molecule has 0 unspecified atom stereocenters. The Kier molecular flexibility index (Phi) is 5.97. The van der Waals surface area contributed by atoms with Crippen molar-refractivity contribution in [2.45, 2.75) is 38.6 Å². The Bertz CT molecular complexity index is 1510. The second-order valence-electron chi connectivity index (χ2n) is 8.62. The van der Waals surface area contributed by atoms with Crippen molar-refractivity contribution in [2.24, 2.45) is 0 Å². The van der Waals surface area contributed by atoms with Crippen LogP contribution in [0, 0.1) is 5.82 Å². The number of thioether (sulfide) groups is 1.